The van der Waals surface area contributed by atoms with Crippen LogP contribution in [0.2, 0.25) is 10.0 Å². The lowest BCUT2D eigenvalue weighted by Crippen LogP contribution is -2.28. The predicted molar refractivity (Wildman–Crippen MR) is 101 cm³/mol. The number of aromatic nitrogens is 2. The van der Waals surface area contributed by atoms with Crippen molar-refractivity contribution in [1.82, 2.24) is 15.1 Å². The van der Waals surface area contributed by atoms with Gasteiger partial charge in [-0.2, -0.15) is 0 Å². The number of nitrogens with one attached hydrogen (secondary N) is 1. The topological polar surface area (TPSA) is 77.7 Å². The van der Waals surface area contributed by atoms with Crippen molar-refractivity contribution in [1.29, 1.82) is 0 Å². The Labute approximate surface area is 161 Å². The molecule has 2 rings (SSSR count). The van der Waals surface area contributed by atoms with Crippen LogP contribution in [-0.2, 0) is 9.63 Å². The van der Waals surface area contributed by atoms with Crippen molar-refractivity contribution in [2.45, 2.75) is 6.92 Å². The van der Waals surface area contributed by atoms with Crippen molar-refractivity contribution in [2.24, 2.45) is 5.16 Å². The van der Waals surface area contributed by atoms with E-state index in [1.165, 1.54) is 14.2 Å². The number of nitrogens with zero attached hydrogens (tertiary/aromatic N) is 3. The second-order valence-corrected chi connectivity index (χ2v) is 5.94. The van der Waals surface area contributed by atoms with E-state index in [0.29, 0.717) is 27.2 Å². The van der Waals surface area contributed by atoms with Crippen LogP contribution in [0.4, 0.5) is 0 Å². The summed E-state index contributed by atoms with van der Waals surface area (Å²) in [7, 11) is 2.90. The largest absolute Gasteiger partial charge is 0.472 e. The highest BCUT2D eigenvalue weighted by molar-refractivity contribution is 6.44. The Balaban J connectivity index is 2.05. The van der Waals surface area contributed by atoms with Gasteiger partial charge in [0.15, 0.2) is 5.71 Å². The van der Waals surface area contributed by atoms with Gasteiger partial charge < -0.3 is 14.9 Å². The van der Waals surface area contributed by atoms with Crippen molar-refractivity contribution in [3.63, 3.8) is 0 Å². The number of rotatable bonds is 7. The van der Waals surface area contributed by atoms with E-state index in [2.05, 4.69) is 15.6 Å². The first-order valence-corrected chi connectivity index (χ1v) is 8.36. The summed E-state index contributed by atoms with van der Waals surface area (Å²) < 4.78 is 7.17. The number of carbonyl (C=O) groups excluding carboxylic acids is 1. The van der Waals surface area contributed by atoms with Gasteiger partial charge in [0.05, 0.1) is 10.7 Å². The first-order chi connectivity index (χ1) is 12.5. The molecule has 1 N–H and O–H groups in total. The molecule has 138 valence electrons. The molecule has 0 radical (unpaired) electrons. The second kappa shape index (κ2) is 9.26. The molecule has 0 atom stereocenters. The Morgan fingerprint density at radius 1 is 1.38 bits per heavy atom. The predicted octanol–water partition coefficient (Wildman–Crippen LogP) is 3.25. The molecule has 0 spiro atoms. The minimum Gasteiger partial charge on any atom is -0.472 e. The molecule has 0 fully saturated rings. The third-order valence-corrected chi connectivity index (χ3v) is 3.88. The number of ether oxygens (including phenoxy) is 1. The lowest BCUT2D eigenvalue weighted by molar-refractivity contribution is -0.114. The zero-order valence-electron chi connectivity index (χ0n) is 14.5. The minimum atomic E-state index is -0.345. The number of hydrogen-bond acceptors (Lipinski definition) is 5. The molecule has 0 aliphatic rings. The Morgan fingerprint density at radius 3 is 2.81 bits per heavy atom. The lowest BCUT2D eigenvalue weighted by Gasteiger charge is -2.06. The molecule has 0 aliphatic carbocycles. The fourth-order valence-corrected chi connectivity index (χ4v) is 2.53. The van der Waals surface area contributed by atoms with Crippen molar-refractivity contribution < 1.29 is 14.4 Å². The zero-order chi connectivity index (χ0) is 19.1. The summed E-state index contributed by atoms with van der Waals surface area (Å²) in [6.45, 7) is 1.94. The van der Waals surface area contributed by atoms with Crippen LogP contribution in [0.3, 0.4) is 0 Å². The number of hydrogen-bond donors (Lipinski definition) is 1. The molecule has 1 heterocycles. The summed E-state index contributed by atoms with van der Waals surface area (Å²) in [5.74, 6) is 0.0625. The maximum absolute atomic E-state index is 11.8. The van der Waals surface area contributed by atoms with Crippen LogP contribution in [0.25, 0.3) is 5.69 Å². The third-order valence-electron chi connectivity index (χ3n) is 3.34. The maximum Gasteiger partial charge on any atom is 0.273 e. The van der Waals surface area contributed by atoms with E-state index in [1.54, 1.807) is 48.1 Å². The normalized spacial score (nSPS) is 12.0. The molecule has 26 heavy (non-hydrogen) atoms. The summed E-state index contributed by atoms with van der Waals surface area (Å²) >= 11 is 12.1. The van der Waals surface area contributed by atoms with Crippen LogP contribution in [0, 0.1) is 0 Å². The zero-order valence-corrected chi connectivity index (χ0v) is 16.0. The summed E-state index contributed by atoms with van der Waals surface area (Å²) in [6.07, 6.45) is 3.44. The summed E-state index contributed by atoms with van der Waals surface area (Å²) in [6, 6.07) is 6.84. The van der Waals surface area contributed by atoms with E-state index in [-0.39, 0.29) is 18.2 Å². The highest BCUT2D eigenvalue weighted by Gasteiger charge is 2.12. The van der Waals surface area contributed by atoms with Crippen LogP contribution in [0.5, 0.6) is 5.88 Å². The molecule has 1 aromatic carbocycles. The highest BCUT2D eigenvalue weighted by atomic mass is 35.5. The van der Waals surface area contributed by atoms with Crippen molar-refractivity contribution in [3.05, 3.63) is 52.2 Å². The quantitative estimate of drug-likeness (QED) is 0.575. The molecule has 0 bridgehead atoms. The molecule has 0 saturated heterocycles. The molecule has 0 aliphatic heterocycles. The molecule has 1 aromatic heterocycles. The van der Waals surface area contributed by atoms with Crippen LogP contribution in [0.1, 0.15) is 6.92 Å². The Morgan fingerprint density at radius 2 is 2.15 bits per heavy atom. The number of amides is 1. The van der Waals surface area contributed by atoms with Crippen LogP contribution < -0.4 is 10.1 Å². The van der Waals surface area contributed by atoms with Crippen LogP contribution >= 0.6 is 23.2 Å². The van der Waals surface area contributed by atoms with Crippen molar-refractivity contribution in [2.75, 3.05) is 20.8 Å². The smallest absolute Gasteiger partial charge is 0.273 e. The Kier molecular flexibility index (Phi) is 7.06. The molecule has 1 amide bonds. The molecule has 7 nitrogen and oxygen atoms in total. The van der Waals surface area contributed by atoms with Crippen molar-refractivity contribution in [3.8, 4) is 11.6 Å². The van der Waals surface area contributed by atoms with Gasteiger partial charge in [0.25, 0.3) is 5.91 Å². The standard InChI is InChI=1S/C17H18Cl2N4O3/c1-11(16(22-25-3)17(24)20-2)7-9-26-15-6-8-23(21-15)14-5-4-12(18)10-13(14)19/h4-8,10H,9H2,1-3H3,(H,20,24)/b11-7+,22-16+. The van der Waals surface area contributed by atoms with Gasteiger partial charge in [-0.25, -0.2) is 4.68 Å². The van der Waals surface area contributed by atoms with E-state index in [9.17, 15) is 4.79 Å². The van der Waals surface area contributed by atoms with Gasteiger partial charge in [-0.15, -0.1) is 5.10 Å². The molecular formula is C17H18Cl2N4O3. The first-order valence-electron chi connectivity index (χ1n) is 7.60. The molecule has 0 unspecified atom stereocenters. The third kappa shape index (κ3) is 5.00. The maximum atomic E-state index is 11.8. The van der Waals surface area contributed by atoms with E-state index < -0.39 is 0 Å². The fraction of sp³-hybridized carbons (Fsp3) is 0.235. The molecule has 2 aromatic rings. The lowest BCUT2D eigenvalue weighted by atomic mass is 10.1. The van der Waals surface area contributed by atoms with Gasteiger partial charge in [-0.1, -0.05) is 28.4 Å². The summed E-state index contributed by atoms with van der Waals surface area (Å²) in [4.78, 5) is 16.4. The highest BCUT2D eigenvalue weighted by Crippen LogP contribution is 2.24. The molecule has 9 heteroatoms. The second-order valence-electron chi connectivity index (χ2n) is 5.09. The van der Waals surface area contributed by atoms with Gasteiger partial charge >= 0.3 is 0 Å². The first kappa shape index (κ1) is 19.8. The SMILES string of the molecule is CNC(=O)C(=N/OC)/C(C)=C/COc1ccn(-c2ccc(Cl)cc2Cl)n1. The summed E-state index contributed by atoms with van der Waals surface area (Å²) in [5, 5.41) is 11.6. The van der Waals surface area contributed by atoms with Gasteiger partial charge in [-0.3, -0.25) is 4.79 Å². The van der Waals surface area contributed by atoms with E-state index in [4.69, 9.17) is 32.8 Å². The van der Waals surface area contributed by atoms with Crippen LogP contribution in [-0.4, -0.2) is 42.2 Å². The number of oxime groups is 1. The average Bonchev–Trinajstić information content (AvgIpc) is 3.07. The monoisotopic (exact) mass is 396 g/mol. The van der Waals surface area contributed by atoms with E-state index in [0.717, 1.165) is 0 Å². The average molecular weight is 397 g/mol. The van der Waals surface area contributed by atoms with Gasteiger partial charge in [-0.05, 0) is 36.8 Å². The number of benzene rings is 1. The Bertz CT molecular complexity index is 846. The van der Waals surface area contributed by atoms with Crippen LogP contribution in [0.15, 0.2) is 47.3 Å². The molecule has 0 saturated carbocycles. The van der Waals surface area contributed by atoms with Gasteiger partial charge in [0, 0.05) is 24.3 Å². The van der Waals surface area contributed by atoms with E-state index in [1.807, 2.05) is 0 Å². The van der Waals surface area contributed by atoms with Gasteiger partial charge in [0.2, 0.25) is 5.88 Å². The molecular weight excluding hydrogens is 379 g/mol. The van der Waals surface area contributed by atoms with E-state index >= 15 is 0 Å². The summed E-state index contributed by atoms with van der Waals surface area (Å²) in [5.41, 5.74) is 1.48. The Hall–Kier alpha value is -2.51. The number of carbonyl (C=O) groups is 1. The number of halogens is 2. The minimum absolute atomic E-state index is 0.178. The van der Waals surface area contributed by atoms with Gasteiger partial charge in [0.1, 0.15) is 13.7 Å². The fourth-order valence-electron chi connectivity index (χ4n) is 2.04. The van der Waals surface area contributed by atoms with Crippen molar-refractivity contribution >= 4 is 34.8 Å².